The number of anilines is 2. The van der Waals surface area contributed by atoms with E-state index < -0.39 is 0 Å². The summed E-state index contributed by atoms with van der Waals surface area (Å²) >= 11 is 0. The van der Waals surface area contributed by atoms with Gasteiger partial charge in [0.1, 0.15) is 11.6 Å². The summed E-state index contributed by atoms with van der Waals surface area (Å²) in [5, 5.41) is 3.93. The number of rotatable bonds is 4. The van der Waals surface area contributed by atoms with Gasteiger partial charge in [-0.25, -0.2) is 4.98 Å². The van der Waals surface area contributed by atoms with Crippen LogP contribution in [0.1, 0.15) is 17.0 Å². The van der Waals surface area contributed by atoms with Gasteiger partial charge < -0.3 is 24.0 Å². The van der Waals surface area contributed by atoms with Crippen LogP contribution in [0.25, 0.3) is 0 Å². The minimum Gasteiger partial charge on any atom is -0.378 e. The van der Waals surface area contributed by atoms with Gasteiger partial charge >= 0.3 is 0 Å². The van der Waals surface area contributed by atoms with Gasteiger partial charge in [0.05, 0.1) is 25.3 Å². The van der Waals surface area contributed by atoms with Crippen molar-refractivity contribution in [3.63, 3.8) is 0 Å². The molecule has 9 nitrogen and oxygen atoms in total. The van der Waals surface area contributed by atoms with Gasteiger partial charge in [0.2, 0.25) is 11.9 Å². The van der Waals surface area contributed by atoms with Crippen LogP contribution in [0.4, 0.5) is 11.8 Å². The van der Waals surface area contributed by atoms with Crippen LogP contribution in [-0.2, 0) is 16.0 Å². The number of carbonyl (C=O) groups excluding carboxylic acids is 1. The van der Waals surface area contributed by atoms with E-state index in [1.165, 1.54) is 0 Å². The Morgan fingerprint density at radius 1 is 1.07 bits per heavy atom. The molecule has 2 fully saturated rings. The average Bonchev–Trinajstić information content (AvgIpc) is 3.06. The lowest BCUT2D eigenvalue weighted by molar-refractivity contribution is -0.130. The highest BCUT2D eigenvalue weighted by molar-refractivity contribution is 5.79. The fourth-order valence-corrected chi connectivity index (χ4v) is 3.63. The quantitative estimate of drug-likeness (QED) is 0.763. The summed E-state index contributed by atoms with van der Waals surface area (Å²) in [4.78, 5) is 28.1. The molecule has 1 amide bonds. The molecule has 0 bridgehead atoms. The molecule has 2 aliphatic rings. The third kappa shape index (κ3) is 3.94. The van der Waals surface area contributed by atoms with Gasteiger partial charge in [-0.3, -0.25) is 4.79 Å². The van der Waals surface area contributed by atoms with Crippen LogP contribution in [0.5, 0.6) is 0 Å². The summed E-state index contributed by atoms with van der Waals surface area (Å²) < 4.78 is 10.6. The van der Waals surface area contributed by atoms with Gasteiger partial charge in [0, 0.05) is 51.0 Å². The number of ether oxygens (including phenoxy) is 1. The minimum atomic E-state index is 0.116. The second-order valence-corrected chi connectivity index (χ2v) is 7.16. The van der Waals surface area contributed by atoms with E-state index >= 15 is 0 Å². The number of piperazine rings is 1. The molecular formula is C19H26N6O3. The predicted octanol–water partition coefficient (Wildman–Crippen LogP) is 0.809. The molecule has 2 saturated heterocycles. The lowest BCUT2D eigenvalue weighted by atomic mass is 10.1. The van der Waals surface area contributed by atoms with Crippen LogP contribution in [0.3, 0.4) is 0 Å². The van der Waals surface area contributed by atoms with Gasteiger partial charge in [-0.15, -0.1) is 0 Å². The van der Waals surface area contributed by atoms with Crippen LogP contribution in [0.15, 0.2) is 16.8 Å². The molecule has 28 heavy (non-hydrogen) atoms. The van der Waals surface area contributed by atoms with Gasteiger partial charge in [0.15, 0.2) is 0 Å². The molecule has 2 aliphatic heterocycles. The van der Waals surface area contributed by atoms with E-state index in [4.69, 9.17) is 14.2 Å². The Hall–Kier alpha value is -2.68. The summed E-state index contributed by atoms with van der Waals surface area (Å²) in [7, 11) is 0. The first-order valence-corrected chi connectivity index (χ1v) is 9.72. The predicted molar refractivity (Wildman–Crippen MR) is 104 cm³/mol. The maximum absolute atomic E-state index is 12.7. The Balaban J connectivity index is 1.35. The van der Waals surface area contributed by atoms with Crippen LogP contribution < -0.4 is 9.80 Å². The molecule has 0 atom stereocenters. The van der Waals surface area contributed by atoms with E-state index in [-0.39, 0.29) is 5.91 Å². The molecule has 0 radical (unpaired) electrons. The summed E-state index contributed by atoms with van der Waals surface area (Å²) in [5.74, 6) is 2.50. The number of aromatic nitrogens is 3. The third-order valence-corrected chi connectivity index (χ3v) is 5.39. The molecule has 4 rings (SSSR count). The average molecular weight is 386 g/mol. The largest absolute Gasteiger partial charge is 0.378 e. The Bertz CT molecular complexity index is 805. The van der Waals surface area contributed by atoms with E-state index in [1.54, 1.807) is 0 Å². The number of aryl methyl sites for hydroxylation is 2. The van der Waals surface area contributed by atoms with Gasteiger partial charge in [0.25, 0.3) is 0 Å². The van der Waals surface area contributed by atoms with Crippen molar-refractivity contribution in [2.24, 2.45) is 0 Å². The van der Waals surface area contributed by atoms with Crippen molar-refractivity contribution in [1.29, 1.82) is 0 Å². The topological polar surface area (TPSA) is 87.8 Å². The van der Waals surface area contributed by atoms with E-state index in [9.17, 15) is 4.79 Å². The van der Waals surface area contributed by atoms with E-state index in [0.29, 0.717) is 32.7 Å². The fourth-order valence-electron chi connectivity index (χ4n) is 3.63. The number of carbonyl (C=O) groups is 1. The fraction of sp³-hybridized carbons (Fsp3) is 0.579. The SMILES string of the molecule is Cc1noc(C)c1CC(=O)N1CCN(c2ccnc(N3CCOCC3)n2)CC1. The van der Waals surface area contributed by atoms with Crippen LogP contribution in [-0.4, -0.2) is 78.4 Å². The zero-order chi connectivity index (χ0) is 19.5. The second kappa shape index (κ2) is 8.14. The van der Waals surface area contributed by atoms with Crippen molar-refractivity contribution in [3.8, 4) is 0 Å². The second-order valence-electron chi connectivity index (χ2n) is 7.16. The van der Waals surface area contributed by atoms with E-state index in [0.717, 1.165) is 55.0 Å². The Labute approximate surface area is 164 Å². The lowest BCUT2D eigenvalue weighted by Gasteiger charge is -2.36. The standard InChI is InChI=1S/C19H26N6O3/c1-14-16(15(2)28-22-14)13-18(26)24-7-5-23(6-8-24)17-3-4-20-19(21-17)25-9-11-27-12-10-25/h3-4H,5-13H2,1-2H3. The van der Waals surface area contributed by atoms with E-state index in [1.807, 2.05) is 31.0 Å². The molecule has 0 saturated carbocycles. The molecule has 0 spiro atoms. The van der Waals surface area contributed by atoms with E-state index in [2.05, 4.69) is 19.9 Å². The normalized spacial score (nSPS) is 17.9. The van der Waals surface area contributed by atoms with Gasteiger partial charge in [-0.1, -0.05) is 5.16 Å². The highest BCUT2D eigenvalue weighted by atomic mass is 16.5. The number of hydrogen-bond acceptors (Lipinski definition) is 8. The number of amides is 1. The Morgan fingerprint density at radius 3 is 2.50 bits per heavy atom. The number of morpholine rings is 1. The maximum atomic E-state index is 12.7. The molecule has 0 aliphatic carbocycles. The smallest absolute Gasteiger partial charge is 0.227 e. The molecule has 2 aromatic heterocycles. The molecule has 9 heteroatoms. The number of nitrogens with zero attached hydrogens (tertiary/aromatic N) is 6. The lowest BCUT2D eigenvalue weighted by Crippen LogP contribution is -2.49. The van der Waals surface area contributed by atoms with Crippen molar-refractivity contribution < 1.29 is 14.1 Å². The highest BCUT2D eigenvalue weighted by Crippen LogP contribution is 2.19. The first kappa shape index (κ1) is 18.7. The zero-order valence-electron chi connectivity index (χ0n) is 16.4. The molecule has 150 valence electrons. The maximum Gasteiger partial charge on any atom is 0.227 e. The molecule has 0 aromatic carbocycles. The van der Waals surface area contributed by atoms with Crippen LogP contribution in [0, 0.1) is 13.8 Å². The molecular weight excluding hydrogens is 360 g/mol. The summed E-state index contributed by atoms with van der Waals surface area (Å²) in [6, 6.07) is 1.94. The summed E-state index contributed by atoms with van der Waals surface area (Å²) in [6.07, 6.45) is 2.15. The zero-order valence-corrected chi connectivity index (χ0v) is 16.4. The summed E-state index contributed by atoms with van der Waals surface area (Å²) in [6.45, 7) is 9.64. The van der Waals surface area contributed by atoms with Crippen molar-refractivity contribution in [1.82, 2.24) is 20.0 Å². The minimum absolute atomic E-state index is 0.116. The van der Waals surface area contributed by atoms with Crippen LogP contribution >= 0.6 is 0 Å². The first-order valence-electron chi connectivity index (χ1n) is 9.72. The van der Waals surface area contributed by atoms with Crippen molar-refractivity contribution >= 4 is 17.7 Å². The Kier molecular flexibility index (Phi) is 5.43. The highest BCUT2D eigenvalue weighted by Gasteiger charge is 2.24. The van der Waals surface area contributed by atoms with Crippen molar-refractivity contribution in [2.75, 3.05) is 62.3 Å². The van der Waals surface area contributed by atoms with Gasteiger partial charge in [-0.05, 0) is 19.9 Å². The van der Waals surface area contributed by atoms with Crippen molar-refractivity contribution in [3.05, 3.63) is 29.3 Å². The summed E-state index contributed by atoms with van der Waals surface area (Å²) in [5.41, 5.74) is 1.69. The van der Waals surface area contributed by atoms with Crippen LogP contribution in [0.2, 0.25) is 0 Å². The van der Waals surface area contributed by atoms with Crippen molar-refractivity contribution in [2.45, 2.75) is 20.3 Å². The molecule has 4 heterocycles. The molecule has 0 N–H and O–H groups in total. The first-order chi connectivity index (χ1) is 13.6. The monoisotopic (exact) mass is 386 g/mol. The Morgan fingerprint density at radius 2 is 1.82 bits per heavy atom. The number of hydrogen-bond donors (Lipinski definition) is 0. The third-order valence-electron chi connectivity index (χ3n) is 5.39. The molecule has 2 aromatic rings. The van der Waals surface area contributed by atoms with Gasteiger partial charge in [-0.2, -0.15) is 4.98 Å². The molecule has 0 unspecified atom stereocenters.